The highest BCUT2D eigenvalue weighted by Gasteiger charge is 2.39. The quantitative estimate of drug-likeness (QED) is 0.843. The summed E-state index contributed by atoms with van der Waals surface area (Å²) in [7, 11) is 0. The molecule has 21 heavy (non-hydrogen) atoms. The third kappa shape index (κ3) is 3.80. The average molecular weight is 294 g/mol. The molecule has 0 unspecified atom stereocenters. The minimum atomic E-state index is 0.466. The summed E-state index contributed by atoms with van der Waals surface area (Å²) in [4.78, 5) is 2.88. The lowest BCUT2D eigenvalue weighted by Crippen LogP contribution is -2.54. The Morgan fingerprint density at radius 2 is 1.86 bits per heavy atom. The SMILES string of the molecule is CCNCC1(CN2CCC[C@H]3CCCC[C@H]32)CCOCC1. The van der Waals surface area contributed by atoms with Gasteiger partial charge in [0.1, 0.15) is 0 Å². The van der Waals surface area contributed by atoms with Crippen molar-refractivity contribution in [2.45, 2.75) is 64.3 Å². The summed E-state index contributed by atoms with van der Waals surface area (Å²) >= 11 is 0. The number of piperidine rings is 1. The van der Waals surface area contributed by atoms with Crippen molar-refractivity contribution in [3.63, 3.8) is 0 Å². The molecule has 0 amide bonds. The van der Waals surface area contributed by atoms with Crippen LogP contribution in [0.15, 0.2) is 0 Å². The highest BCUT2D eigenvalue weighted by Crippen LogP contribution is 2.39. The van der Waals surface area contributed by atoms with Gasteiger partial charge in [-0.1, -0.05) is 19.8 Å². The fraction of sp³-hybridized carbons (Fsp3) is 1.00. The van der Waals surface area contributed by atoms with Crippen LogP contribution in [0.4, 0.5) is 0 Å². The summed E-state index contributed by atoms with van der Waals surface area (Å²) in [5, 5.41) is 3.64. The van der Waals surface area contributed by atoms with Crippen LogP contribution in [0.25, 0.3) is 0 Å². The molecule has 3 aliphatic rings. The van der Waals surface area contributed by atoms with Gasteiger partial charge in [0.05, 0.1) is 0 Å². The topological polar surface area (TPSA) is 24.5 Å². The number of hydrogen-bond donors (Lipinski definition) is 1. The van der Waals surface area contributed by atoms with E-state index in [1.165, 1.54) is 71.0 Å². The maximum Gasteiger partial charge on any atom is 0.0472 e. The van der Waals surface area contributed by atoms with Gasteiger partial charge < -0.3 is 10.1 Å². The summed E-state index contributed by atoms with van der Waals surface area (Å²) < 4.78 is 5.65. The maximum absolute atomic E-state index is 5.65. The van der Waals surface area contributed by atoms with Gasteiger partial charge in [0.15, 0.2) is 0 Å². The second-order valence-corrected chi connectivity index (χ2v) is 7.62. The predicted octanol–water partition coefficient (Wildman–Crippen LogP) is 3.05. The standard InChI is InChI=1S/C18H34N2O/c1-2-19-14-18(9-12-21-13-10-18)15-20-11-5-7-16-6-3-4-8-17(16)20/h16-17,19H,2-15H2,1H3/t16-,17-/m1/s1. The van der Waals surface area contributed by atoms with Crippen LogP contribution in [-0.2, 0) is 4.74 Å². The zero-order valence-electron chi connectivity index (χ0n) is 13.9. The van der Waals surface area contributed by atoms with Gasteiger partial charge in [0, 0.05) is 32.3 Å². The van der Waals surface area contributed by atoms with E-state index >= 15 is 0 Å². The van der Waals surface area contributed by atoms with Crippen LogP contribution in [0.3, 0.4) is 0 Å². The number of hydrogen-bond acceptors (Lipinski definition) is 3. The van der Waals surface area contributed by atoms with Crippen molar-refractivity contribution in [3.8, 4) is 0 Å². The first-order valence-corrected chi connectivity index (χ1v) is 9.35. The van der Waals surface area contributed by atoms with Crippen LogP contribution in [0.2, 0.25) is 0 Å². The smallest absolute Gasteiger partial charge is 0.0472 e. The number of nitrogens with one attached hydrogen (secondary N) is 1. The van der Waals surface area contributed by atoms with E-state index in [0.29, 0.717) is 5.41 Å². The molecule has 2 atom stereocenters. The Balaban J connectivity index is 1.65. The molecule has 2 aliphatic heterocycles. The van der Waals surface area contributed by atoms with Gasteiger partial charge in [-0.25, -0.2) is 0 Å². The molecule has 3 rings (SSSR count). The summed E-state index contributed by atoms with van der Waals surface area (Å²) in [5.74, 6) is 1.00. The van der Waals surface area contributed by atoms with E-state index in [9.17, 15) is 0 Å². The predicted molar refractivity (Wildman–Crippen MR) is 87.6 cm³/mol. The first-order chi connectivity index (χ1) is 10.3. The van der Waals surface area contributed by atoms with E-state index in [0.717, 1.165) is 31.7 Å². The van der Waals surface area contributed by atoms with Gasteiger partial charge in [-0.2, -0.15) is 0 Å². The lowest BCUT2D eigenvalue weighted by Gasteiger charge is -2.49. The molecule has 0 radical (unpaired) electrons. The Hall–Kier alpha value is -0.120. The number of nitrogens with zero attached hydrogens (tertiary/aromatic N) is 1. The number of likely N-dealkylation sites (tertiary alicyclic amines) is 1. The first kappa shape index (κ1) is 15.8. The van der Waals surface area contributed by atoms with Crippen LogP contribution >= 0.6 is 0 Å². The van der Waals surface area contributed by atoms with Gasteiger partial charge in [0.25, 0.3) is 0 Å². The zero-order chi connectivity index (χ0) is 14.5. The van der Waals surface area contributed by atoms with Crippen molar-refractivity contribution < 1.29 is 4.74 Å². The van der Waals surface area contributed by atoms with E-state index in [-0.39, 0.29) is 0 Å². The highest BCUT2D eigenvalue weighted by molar-refractivity contribution is 4.93. The van der Waals surface area contributed by atoms with Gasteiger partial charge in [-0.3, -0.25) is 4.90 Å². The fourth-order valence-electron chi connectivity index (χ4n) is 4.94. The molecule has 2 heterocycles. The van der Waals surface area contributed by atoms with Crippen LogP contribution in [0.5, 0.6) is 0 Å². The average Bonchev–Trinajstić information content (AvgIpc) is 2.54. The Morgan fingerprint density at radius 3 is 2.67 bits per heavy atom. The summed E-state index contributed by atoms with van der Waals surface area (Å²) in [5.41, 5.74) is 0.466. The van der Waals surface area contributed by atoms with Gasteiger partial charge in [-0.15, -0.1) is 0 Å². The lowest BCUT2D eigenvalue weighted by molar-refractivity contribution is -0.0324. The normalized spacial score (nSPS) is 33.6. The van der Waals surface area contributed by atoms with E-state index in [1.807, 2.05) is 0 Å². The molecule has 1 aliphatic carbocycles. The molecule has 0 aromatic carbocycles. The minimum Gasteiger partial charge on any atom is -0.381 e. The Bertz CT molecular complexity index is 312. The Morgan fingerprint density at radius 1 is 1.10 bits per heavy atom. The van der Waals surface area contributed by atoms with Crippen molar-refractivity contribution in [3.05, 3.63) is 0 Å². The van der Waals surface area contributed by atoms with Crippen LogP contribution in [0, 0.1) is 11.3 Å². The molecule has 0 spiro atoms. The van der Waals surface area contributed by atoms with Gasteiger partial charge in [-0.05, 0) is 62.9 Å². The fourth-order valence-corrected chi connectivity index (χ4v) is 4.94. The largest absolute Gasteiger partial charge is 0.381 e. The molecule has 1 N–H and O–H groups in total. The molecular formula is C18H34N2O. The summed E-state index contributed by atoms with van der Waals surface area (Å²) in [6.45, 7) is 9.08. The molecule has 1 saturated carbocycles. The van der Waals surface area contributed by atoms with Crippen molar-refractivity contribution in [1.82, 2.24) is 10.2 Å². The van der Waals surface area contributed by atoms with Gasteiger partial charge in [0.2, 0.25) is 0 Å². The van der Waals surface area contributed by atoms with Gasteiger partial charge >= 0.3 is 0 Å². The molecule has 3 fully saturated rings. The third-order valence-corrected chi connectivity index (χ3v) is 6.20. The summed E-state index contributed by atoms with van der Waals surface area (Å²) in [6, 6.07) is 0.897. The van der Waals surface area contributed by atoms with Crippen molar-refractivity contribution in [1.29, 1.82) is 0 Å². The van der Waals surface area contributed by atoms with Crippen molar-refractivity contribution >= 4 is 0 Å². The third-order valence-electron chi connectivity index (χ3n) is 6.20. The molecule has 0 bridgehead atoms. The molecular weight excluding hydrogens is 260 g/mol. The second-order valence-electron chi connectivity index (χ2n) is 7.62. The van der Waals surface area contributed by atoms with Crippen LogP contribution in [-0.4, -0.2) is 50.3 Å². The van der Waals surface area contributed by atoms with Crippen LogP contribution < -0.4 is 5.32 Å². The highest BCUT2D eigenvalue weighted by atomic mass is 16.5. The summed E-state index contributed by atoms with van der Waals surface area (Å²) in [6.07, 6.45) is 11.3. The number of ether oxygens (including phenoxy) is 1. The Labute approximate surface area is 130 Å². The molecule has 3 heteroatoms. The lowest BCUT2D eigenvalue weighted by atomic mass is 9.75. The molecule has 3 nitrogen and oxygen atoms in total. The van der Waals surface area contributed by atoms with Crippen molar-refractivity contribution in [2.75, 3.05) is 39.4 Å². The van der Waals surface area contributed by atoms with Crippen LogP contribution in [0.1, 0.15) is 58.3 Å². The number of rotatable bonds is 5. The van der Waals surface area contributed by atoms with E-state index < -0.39 is 0 Å². The van der Waals surface area contributed by atoms with E-state index in [2.05, 4.69) is 17.1 Å². The Kier molecular flexibility index (Phi) is 5.58. The molecule has 2 saturated heterocycles. The second kappa shape index (κ2) is 7.43. The van der Waals surface area contributed by atoms with E-state index in [1.54, 1.807) is 0 Å². The maximum atomic E-state index is 5.65. The van der Waals surface area contributed by atoms with E-state index in [4.69, 9.17) is 4.74 Å². The molecule has 0 aromatic rings. The molecule has 122 valence electrons. The number of fused-ring (bicyclic) bond motifs is 1. The monoisotopic (exact) mass is 294 g/mol. The first-order valence-electron chi connectivity index (χ1n) is 9.35. The minimum absolute atomic E-state index is 0.466. The van der Waals surface area contributed by atoms with Crippen molar-refractivity contribution in [2.24, 2.45) is 11.3 Å². The zero-order valence-corrected chi connectivity index (χ0v) is 13.9. The molecule has 0 aromatic heterocycles.